The monoisotopic (exact) mass is 218 g/mol. The third-order valence-corrected chi connectivity index (χ3v) is 1.94. The molecule has 1 aromatic carbocycles. The van der Waals surface area contributed by atoms with Gasteiger partial charge >= 0.3 is 0 Å². The second-order valence-electron chi connectivity index (χ2n) is 3.84. The zero-order valence-corrected chi connectivity index (χ0v) is 9.34. The van der Waals surface area contributed by atoms with Crippen molar-refractivity contribution in [1.82, 2.24) is 5.32 Å². The third-order valence-electron chi connectivity index (χ3n) is 1.94. The number of carbonyl (C=O) groups is 1. The Hall–Kier alpha value is -2.00. The Labute approximate surface area is 94.1 Å². The van der Waals surface area contributed by atoms with Crippen molar-refractivity contribution in [3.63, 3.8) is 0 Å². The topological polar surface area (TPSA) is 77.9 Å². The van der Waals surface area contributed by atoms with Gasteiger partial charge in [0.2, 0.25) is 0 Å². The molecule has 0 fully saturated rings. The van der Waals surface area contributed by atoms with Gasteiger partial charge in [-0.15, -0.1) is 0 Å². The van der Waals surface area contributed by atoms with Crippen molar-refractivity contribution in [3.8, 4) is 0 Å². The summed E-state index contributed by atoms with van der Waals surface area (Å²) in [6.07, 6.45) is 0. The molecular weight excluding hydrogens is 204 g/mol. The SMILES string of the molecule is CC(C)CNC(=O)c1cccc(N=[N+]=[N-])c1. The number of nitrogens with one attached hydrogen (secondary N) is 1. The average molecular weight is 218 g/mol. The van der Waals surface area contributed by atoms with Crippen LogP contribution in [-0.2, 0) is 0 Å². The zero-order valence-electron chi connectivity index (χ0n) is 9.34. The number of amides is 1. The van der Waals surface area contributed by atoms with Crippen molar-refractivity contribution in [3.05, 3.63) is 40.3 Å². The number of nitrogens with zero attached hydrogens (tertiary/aromatic N) is 3. The van der Waals surface area contributed by atoms with E-state index >= 15 is 0 Å². The molecule has 0 saturated heterocycles. The zero-order chi connectivity index (χ0) is 12.0. The minimum atomic E-state index is -0.149. The van der Waals surface area contributed by atoms with Gasteiger partial charge in [0.1, 0.15) is 0 Å². The van der Waals surface area contributed by atoms with Crippen LogP contribution in [0.2, 0.25) is 0 Å². The molecule has 0 heterocycles. The van der Waals surface area contributed by atoms with E-state index in [1.54, 1.807) is 24.3 Å². The van der Waals surface area contributed by atoms with E-state index in [4.69, 9.17) is 5.53 Å². The summed E-state index contributed by atoms with van der Waals surface area (Å²) in [6, 6.07) is 6.59. The second kappa shape index (κ2) is 5.78. The van der Waals surface area contributed by atoms with Crippen LogP contribution in [0.1, 0.15) is 24.2 Å². The number of hydrogen-bond acceptors (Lipinski definition) is 2. The molecule has 0 atom stereocenters. The molecular formula is C11H14N4O. The first-order valence-corrected chi connectivity index (χ1v) is 5.07. The van der Waals surface area contributed by atoms with Gasteiger partial charge in [0.15, 0.2) is 0 Å². The Morgan fingerprint density at radius 3 is 2.94 bits per heavy atom. The average Bonchev–Trinajstić information content (AvgIpc) is 2.26. The molecule has 0 aliphatic carbocycles. The minimum absolute atomic E-state index is 0.149. The maximum atomic E-state index is 11.7. The molecule has 1 rings (SSSR count). The molecule has 1 N–H and O–H groups in total. The molecule has 0 spiro atoms. The van der Waals surface area contributed by atoms with Crippen LogP contribution in [0.4, 0.5) is 5.69 Å². The van der Waals surface area contributed by atoms with Crippen molar-refractivity contribution in [2.24, 2.45) is 11.0 Å². The van der Waals surface area contributed by atoms with Gasteiger partial charge in [-0.1, -0.05) is 31.1 Å². The van der Waals surface area contributed by atoms with Gasteiger partial charge in [-0.25, -0.2) is 0 Å². The summed E-state index contributed by atoms with van der Waals surface area (Å²) in [5.41, 5.74) is 9.23. The van der Waals surface area contributed by atoms with Crippen LogP contribution >= 0.6 is 0 Å². The van der Waals surface area contributed by atoms with E-state index in [1.807, 2.05) is 13.8 Å². The minimum Gasteiger partial charge on any atom is -0.352 e. The quantitative estimate of drug-likeness (QED) is 0.470. The summed E-state index contributed by atoms with van der Waals surface area (Å²) < 4.78 is 0. The Morgan fingerprint density at radius 2 is 2.31 bits per heavy atom. The van der Waals surface area contributed by atoms with Crippen LogP contribution in [0.15, 0.2) is 29.4 Å². The highest BCUT2D eigenvalue weighted by atomic mass is 16.1. The van der Waals surface area contributed by atoms with Gasteiger partial charge in [-0.3, -0.25) is 4.79 Å². The molecule has 16 heavy (non-hydrogen) atoms. The summed E-state index contributed by atoms with van der Waals surface area (Å²) >= 11 is 0. The summed E-state index contributed by atoms with van der Waals surface area (Å²) in [6.45, 7) is 4.68. The largest absolute Gasteiger partial charge is 0.352 e. The van der Waals surface area contributed by atoms with E-state index in [1.165, 1.54) is 0 Å². The molecule has 0 aliphatic rings. The molecule has 0 aliphatic heterocycles. The number of rotatable bonds is 4. The fourth-order valence-corrected chi connectivity index (χ4v) is 1.16. The van der Waals surface area contributed by atoms with Crippen LogP contribution in [-0.4, -0.2) is 12.5 Å². The Kier molecular flexibility index (Phi) is 4.36. The van der Waals surface area contributed by atoms with Gasteiger partial charge in [-0.2, -0.15) is 0 Å². The van der Waals surface area contributed by atoms with Gasteiger partial charge in [0.25, 0.3) is 5.91 Å². The van der Waals surface area contributed by atoms with E-state index in [2.05, 4.69) is 15.3 Å². The predicted molar refractivity (Wildman–Crippen MR) is 62.4 cm³/mol. The van der Waals surface area contributed by atoms with Crippen LogP contribution in [0.3, 0.4) is 0 Å². The number of azide groups is 1. The van der Waals surface area contributed by atoms with E-state index in [0.29, 0.717) is 23.7 Å². The summed E-state index contributed by atoms with van der Waals surface area (Å²) in [5.74, 6) is 0.257. The number of hydrogen-bond donors (Lipinski definition) is 1. The number of carbonyl (C=O) groups excluding carboxylic acids is 1. The smallest absolute Gasteiger partial charge is 0.251 e. The standard InChI is InChI=1S/C11H14N4O/c1-8(2)7-13-11(16)9-4-3-5-10(6-9)14-15-12/h3-6,8H,7H2,1-2H3,(H,13,16). The first-order chi connectivity index (χ1) is 7.63. The lowest BCUT2D eigenvalue weighted by atomic mass is 10.1. The van der Waals surface area contributed by atoms with E-state index in [-0.39, 0.29) is 5.91 Å². The van der Waals surface area contributed by atoms with E-state index < -0.39 is 0 Å². The predicted octanol–water partition coefficient (Wildman–Crippen LogP) is 3.01. The normalized spacial score (nSPS) is 9.69. The van der Waals surface area contributed by atoms with Crippen molar-refractivity contribution in [2.45, 2.75) is 13.8 Å². The number of benzene rings is 1. The Balaban J connectivity index is 2.75. The Bertz CT molecular complexity index is 422. The fraction of sp³-hybridized carbons (Fsp3) is 0.364. The van der Waals surface area contributed by atoms with Crippen molar-refractivity contribution in [1.29, 1.82) is 0 Å². The molecule has 0 saturated carbocycles. The maximum absolute atomic E-state index is 11.7. The van der Waals surface area contributed by atoms with Crippen molar-refractivity contribution >= 4 is 11.6 Å². The molecule has 0 unspecified atom stereocenters. The highest BCUT2D eigenvalue weighted by Gasteiger charge is 2.05. The Morgan fingerprint density at radius 1 is 1.56 bits per heavy atom. The van der Waals surface area contributed by atoms with Gasteiger partial charge in [0, 0.05) is 22.7 Å². The molecule has 0 radical (unpaired) electrons. The van der Waals surface area contributed by atoms with E-state index in [9.17, 15) is 4.79 Å². The molecule has 0 bridgehead atoms. The van der Waals surface area contributed by atoms with E-state index in [0.717, 1.165) is 0 Å². The lowest BCUT2D eigenvalue weighted by molar-refractivity contribution is 0.0949. The third kappa shape index (κ3) is 3.63. The summed E-state index contributed by atoms with van der Waals surface area (Å²) in [4.78, 5) is 14.3. The first-order valence-electron chi connectivity index (χ1n) is 5.07. The second-order valence-corrected chi connectivity index (χ2v) is 3.84. The molecule has 84 valence electrons. The fourth-order valence-electron chi connectivity index (χ4n) is 1.16. The molecule has 1 amide bonds. The van der Waals surface area contributed by atoms with Crippen LogP contribution in [0.5, 0.6) is 0 Å². The van der Waals surface area contributed by atoms with Crippen LogP contribution < -0.4 is 5.32 Å². The molecule has 1 aromatic rings. The molecule has 5 nitrogen and oxygen atoms in total. The van der Waals surface area contributed by atoms with Crippen LogP contribution in [0, 0.1) is 5.92 Å². The van der Waals surface area contributed by atoms with Gasteiger partial charge in [0.05, 0.1) is 0 Å². The maximum Gasteiger partial charge on any atom is 0.251 e. The van der Waals surface area contributed by atoms with Crippen LogP contribution in [0.25, 0.3) is 10.4 Å². The van der Waals surface area contributed by atoms with Crippen molar-refractivity contribution in [2.75, 3.05) is 6.54 Å². The van der Waals surface area contributed by atoms with Gasteiger partial charge in [-0.05, 0) is 23.6 Å². The highest BCUT2D eigenvalue weighted by Crippen LogP contribution is 2.14. The lowest BCUT2D eigenvalue weighted by Crippen LogP contribution is -2.27. The molecule has 0 aromatic heterocycles. The molecule has 5 heteroatoms. The van der Waals surface area contributed by atoms with Gasteiger partial charge < -0.3 is 5.32 Å². The van der Waals surface area contributed by atoms with Crippen molar-refractivity contribution < 1.29 is 4.79 Å². The summed E-state index contributed by atoms with van der Waals surface area (Å²) in [7, 11) is 0. The lowest BCUT2D eigenvalue weighted by Gasteiger charge is -2.07. The first kappa shape index (κ1) is 12.1. The highest BCUT2D eigenvalue weighted by molar-refractivity contribution is 5.94. The summed E-state index contributed by atoms with van der Waals surface area (Å²) in [5, 5.41) is 6.24.